The number of pyridine rings is 1. The van der Waals surface area contributed by atoms with Gasteiger partial charge >= 0.3 is 6.01 Å². The van der Waals surface area contributed by atoms with Gasteiger partial charge in [-0.15, -0.1) is 6.42 Å². The number of hydrogen-bond donors (Lipinski definition) is 2. The number of halogens is 3. The van der Waals surface area contributed by atoms with Crippen LogP contribution in [0.3, 0.4) is 0 Å². The number of piperazine rings is 1. The summed E-state index contributed by atoms with van der Waals surface area (Å²) in [6.45, 7) is 7.06. The summed E-state index contributed by atoms with van der Waals surface area (Å²) >= 11 is 0. The number of anilines is 1. The number of aliphatic hydroxyl groups excluding tert-OH is 1. The average molecular weight is 815 g/mol. The molecule has 4 aromatic rings. The maximum Gasteiger partial charge on any atom is 0.319 e. The first-order valence-corrected chi connectivity index (χ1v) is 21.4. The number of ether oxygens (including phenoxy) is 4. The number of alkyl halides is 1. The molecular weight excluding hydrogens is 762 g/mol. The predicted molar refractivity (Wildman–Crippen MR) is 219 cm³/mol. The van der Waals surface area contributed by atoms with Crippen molar-refractivity contribution in [3.8, 4) is 41.2 Å². The van der Waals surface area contributed by atoms with Gasteiger partial charge in [0.2, 0.25) is 5.88 Å². The van der Waals surface area contributed by atoms with Crippen molar-refractivity contribution in [2.45, 2.75) is 108 Å². The molecule has 4 saturated heterocycles. The molecule has 2 aromatic carbocycles. The van der Waals surface area contributed by atoms with Crippen molar-refractivity contribution in [1.29, 1.82) is 0 Å². The van der Waals surface area contributed by atoms with Gasteiger partial charge in [-0.05, 0) is 68.2 Å². The number of terminal acetylenes is 1. The molecule has 14 heteroatoms. The van der Waals surface area contributed by atoms with E-state index < -0.39 is 29.4 Å². The zero-order chi connectivity index (χ0) is 40.8. The van der Waals surface area contributed by atoms with E-state index in [1.807, 2.05) is 0 Å². The number of benzene rings is 2. The fourth-order valence-electron chi connectivity index (χ4n) is 10.1. The number of aromatic nitrogens is 3. The molecule has 59 heavy (non-hydrogen) atoms. The second-order valence-corrected chi connectivity index (χ2v) is 17.1. The quantitative estimate of drug-likeness (QED) is 0.125. The molecule has 2 N–H and O–H groups in total. The molecule has 5 aliphatic rings. The third kappa shape index (κ3) is 7.53. The highest BCUT2D eigenvalue weighted by Gasteiger charge is 2.50. The minimum Gasteiger partial charge on any atom is -0.491 e. The number of aliphatic hydroxyl groups is 1. The molecule has 2 aromatic heterocycles. The number of fused-ring (bicyclic) bond motifs is 7. The lowest BCUT2D eigenvalue weighted by Gasteiger charge is -2.40. The van der Waals surface area contributed by atoms with Crippen molar-refractivity contribution >= 4 is 27.5 Å². The standard InChI is InChI=1S/C45H53F3N6O5/c1-4-7-9-26(5-2)21-56-22-30(55)23-57-31-16-27-10-12-34(47)32(6-3)37(27)33(17-31)40-39(48)41-38-42(54-20-29-11-13-35(49-29)36(54)24-58-43(38)50-40)52-44(51-41)59-25-45-14-8-15-53(45)19-28(46)18-45/h3,10,12,16-17,26,28-30,35-36,49,55H,4-5,7-9,11,13-15,18-25H2,1-2H3/t26?,28-,29-,30?,35+,36-,45+/m1/s1. The van der Waals surface area contributed by atoms with E-state index in [0.29, 0.717) is 54.4 Å². The van der Waals surface area contributed by atoms with Crippen LogP contribution in [0.5, 0.6) is 17.6 Å². The van der Waals surface area contributed by atoms with E-state index >= 15 is 8.78 Å². The van der Waals surface area contributed by atoms with Crippen LogP contribution in [0.4, 0.5) is 19.0 Å². The van der Waals surface area contributed by atoms with Gasteiger partial charge < -0.3 is 34.3 Å². The van der Waals surface area contributed by atoms with Crippen LogP contribution in [-0.4, -0.2) is 114 Å². The molecule has 5 aliphatic heterocycles. The maximum atomic E-state index is 17.6. The summed E-state index contributed by atoms with van der Waals surface area (Å²) in [5, 5.41) is 15.6. The van der Waals surface area contributed by atoms with Gasteiger partial charge in [-0.3, -0.25) is 4.90 Å². The molecule has 7 heterocycles. The van der Waals surface area contributed by atoms with E-state index in [9.17, 15) is 9.50 Å². The minimum atomic E-state index is -0.943. The van der Waals surface area contributed by atoms with E-state index in [0.717, 1.165) is 57.9 Å². The highest BCUT2D eigenvalue weighted by molar-refractivity contribution is 6.04. The second-order valence-electron chi connectivity index (χ2n) is 17.1. The van der Waals surface area contributed by atoms with Crippen LogP contribution in [0, 0.1) is 29.9 Å². The van der Waals surface area contributed by atoms with E-state index in [1.54, 1.807) is 18.2 Å². The molecule has 2 bridgehead atoms. The van der Waals surface area contributed by atoms with Gasteiger partial charge in [0.1, 0.15) is 66.1 Å². The summed E-state index contributed by atoms with van der Waals surface area (Å²) in [4.78, 5) is 18.8. The Morgan fingerprint density at radius 3 is 2.80 bits per heavy atom. The van der Waals surface area contributed by atoms with Gasteiger partial charge in [-0.1, -0.05) is 45.1 Å². The van der Waals surface area contributed by atoms with Crippen LogP contribution in [0.2, 0.25) is 0 Å². The van der Waals surface area contributed by atoms with Crippen LogP contribution in [0.15, 0.2) is 24.3 Å². The van der Waals surface area contributed by atoms with Crippen molar-refractivity contribution in [3.05, 3.63) is 41.5 Å². The van der Waals surface area contributed by atoms with Crippen LogP contribution in [0.1, 0.15) is 77.2 Å². The SMILES string of the molecule is C#Cc1c(F)ccc2cc(OCC(O)COCC(CC)CCCC)cc(-c3nc4c5c(nc(OC[C@@]67CCCN6C[C@H](F)C7)nc5c3F)N3C[C@H]5CC[C@H](N5)[C@H]3CO4)c12. The Morgan fingerprint density at radius 2 is 1.97 bits per heavy atom. The number of rotatable bonds is 15. The number of hydrogen-bond acceptors (Lipinski definition) is 11. The molecule has 9 rings (SSSR count). The van der Waals surface area contributed by atoms with Gasteiger partial charge in [0, 0.05) is 49.2 Å². The zero-order valence-electron chi connectivity index (χ0n) is 33.8. The first kappa shape index (κ1) is 40.0. The summed E-state index contributed by atoms with van der Waals surface area (Å²) in [5.74, 6) is 2.33. The average Bonchev–Trinajstić information content (AvgIpc) is 3.88. The van der Waals surface area contributed by atoms with Gasteiger partial charge in [0.15, 0.2) is 5.82 Å². The fourth-order valence-corrected chi connectivity index (χ4v) is 10.1. The lowest BCUT2D eigenvalue weighted by molar-refractivity contribution is -0.00106. The molecule has 0 radical (unpaired) electrons. The summed E-state index contributed by atoms with van der Waals surface area (Å²) in [7, 11) is 0. The number of nitrogens with zero attached hydrogens (tertiary/aromatic N) is 5. The molecule has 0 amide bonds. The van der Waals surface area contributed by atoms with E-state index in [4.69, 9.17) is 40.3 Å². The van der Waals surface area contributed by atoms with Gasteiger partial charge in [-0.2, -0.15) is 9.97 Å². The Morgan fingerprint density at radius 1 is 1.08 bits per heavy atom. The summed E-state index contributed by atoms with van der Waals surface area (Å²) < 4.78 is 72.6. The Hall–Kier alpha value is -4.42. The van der Waals surface area contributed by atoms with Gasteiger partial charge in [0.25, 0.3) is 0 Å². The van der Waals surface area contributed by atoms with Crippen molar-refractivity contribution in [2.24, 2.45) is 5.92 Å². The lowest BCUT2D eigenvalue weighted by atomic mass is 9.95. The highest BCUT2D eigenvalue weighted by atomic mass is 19.1. The third-order valence-corrected chi connectivity index (χ3v) is 13.3. The summed E-state index contributed by atoms with van der Waals surface area (Å²) in [6.07, 6.45) is 12.4. The molecule has 4 fully saturated rings. The van der Waals surface area contributed by atoms with Crippen molar-refractivity contribution < 1.29 is 37.2 Å². The highest BCUT2D eigenvalue weighted by Crippen LogP contribution is 2.46. The van der Waals surface area contributed by atoms with E-state index in [-0.39, 0.29) is 84.2 Å². The molecule has 11 nitrogen and oxygen atoms in total. The van der Waals surface area contributed by atoms with Crippen LogP contribution in [0.25, 0.3) is 32.9 Å². The third-order valence-electron chi connectivity index (χ3n) is 13.3. The normalized spacial score (nSPS) is 25.7. The second kappa shape index (κ2) is 16.6. The number of unbranched alkanes of at least 4 members (excludes halogenated alkanes) is 1. The molecule has 7 atom stereocenters. The first-order valence-electron chi connectivity index (χ1n) is 21.4. The lowest BCUT2D eigenvalue weighted by Crippen LogP contribution is -2.60. The van der Waals surface area contributed by atoms with E-state index in [1.165, 1.54) is 6.07 Å². The van der Waals surface area contributed by atoms with Gasteiger partial charge in [-0.25, -0.2) is 18.2 Å². The molecule has 0 saturated carbocycles. The van der Waals surface area contributed by atoms with Crippen LogP contribution < -0.4 is 24.4 Å². The number of nitrogens with one attached hydrogen (secondary N) is 1. The monoisotopic (exact) mass is 814 g/mol. The maximum absolute atomic E-state index is 17.6. The Bertz CT molecular complexity index is 2260. The Labute approximate surface area is 343 Å². The predicted octanol–water partition coefficient (Wildman–Crippen LogP) is 6.73. The van der Waals surface area contributed by atoms with Gasteiger partial charge in [0.05, 0.1) is 23.8 Å². The van der Waals surface area contributed by atoms with Crippen molar-refractivity contribution in [1.82, 2.24) is 25.2 Å². The van der Waals surface area contributed by atoms with E-state index in [2.05, 4.69) is 34.9 Å². The van der Waals surface area contributed by atoms with Crippen molar-refractivity contribution in [2.75, 3.05) is 57.6 Å². The largest absolute Gasteiger partial charge is 0.491 e. The summed E-state index contributed by atoms with van der Waals surface area (Å²) in [6, 6.07) is 6.26. The Kier molecular flexibility index (Phi) is 11.2. The molecule has 314 valence electrons. The zero-order valence-corrected chi connectivity index (χ0v) is 33.8. The molecule has 0 aliphatic carbocycles. The minimum absolute atomic E-state index is 0.0197. The topological polar surface area (TPSA) is 114 Å². The smallest absolute Gasteiger partial charge is 0.319 e. The molecule has 0 spiro atoms. The summed E-state index contributed by atoms with van der Waals surface area (Å²) in [5.41, 5.74) is -0.600. The fraction of sp³-hybridized carbons (Fsp3) is 0.578. The molecular formula is C45H53F3N6O5. The first-order chi connectivity index (χ1) is 28.7. The van der Waals surface area contributed by atoms with Crippen LogP contribution >= 0.6 is 0 Å². The van der Waals surface area contributed by atoms with Crippen LogP contribution in [-0.2, 0) is 4.74 Å². The van der Waals surface area contributed by atoms with Crippen molar-refractivity contribution in [3.63, 3.8) is 0 Å². The Balaban J connectivity index is 1.11. The molecule has 2 unspecified atom stereocenters.